The van der Waals surface area contributed by atoms with Crippen LogP contribution in [0, 0.1) is 12.8 Å². The number of ether oxygens (including phenoxy) is 1. The molecule has 4 nitrogen and oxygen atoms in total. The van der Waals surface area contributed by atoms with Crippen molar-refractivity contribution in [3.8, 4) is 0 Å². The lowest BCUT2D eigenvalue weighted by Gasteiger charge is -2.39. The Bertz CT molecular complexity index is 930. The average molecular weight is 374 g/mol. The molecule has 3 unspecified atom stereocenters. The zero-order valence-electron chi connectivity index (χ0n) is 16.2. The second-order valence-electron chi connectivity index (χ2n) is 8.01. The molecule has 0 aromatic heterocycles. The second-order valence-corrected chi connectivity index (χ2v) is 8.01. The molecule has 1 saturated heterocycles. The number of nitrogens with zero attached hydrogens (tertiary/aromatic N) is 1. The highest BCUT2D eigenvalue weighted by atomic mass is 16.5. The molecule has 2 heterocycles. The summed E-state index contributed by atoms with van der Waals surface area (Å²) in [5.41, 5.74) is 5.69. The number of benzene rings is 2. The molecular weight excluding hydrogens is 348 g/mol. The molecular formula is C24H26N2O2. The highest BCUT2D eigenvalue weighted by Crippen LogP contribution is 2.51. The minimum Gasteiger partial charge on any atom is -0.378 e. The topological polar surface area (TPSA) is 41.6 Å². The quantitative estimate of drug-likeness (QED) is 0.797. The molecule has 3 atom stereocenters. The zero-order chi connectivity index (χ0) is 19.1. The second kappa shape index (κ2) is 7.10. The Kier molecular flexibility index (Phi) is 4.44. The molecule has 1 aliphatic carbocycles. The van der Waals surface area contributed by atoms with Crippen LogP contribution in [0.3, 0.4) is 0 Å². The first-order valence-electron chi connectivity index (χ1n) is 10.2. The number of hydrogen-bond acceptors (Lipinski definition) is 3. The van der Waals surface area contributed by atoms with Gasteiger partial charge in [0.05, 0.1) is 30.5 Å². The molecule has 28 heavy (non-hydrogen) atoms. The summed E-state index contributed by atoms with van der Waals surface area (Å²) in [4.78, 5) is 15.2. The van der Waals surface area contributed by atoms with E-state index >= 15 is 0 Å². The van der Waals surface area contributed by atoms with Gasteiger partial charge in [0.2, 0.25) is 0 Å². The minimum absolute atomic E-state index is 0.108. The van der Waals surface area contributed by atoms with Gasteiger partial charge in [0.15, 0.2) is 0 Å². The van der Waals surface area contributed by atoms with E-state index in [1.165, 1.54) is 16.7 Å². The van der Waals surface area contributed by atoms with Crippen LogP contribution in [0.4, 0.5) is 5.69 Å². The van der Waals surface area contributed by atoms with E-state index in [0.717, 1.165) is 17.7 Å². The molecule has 0 spiro atoms. The fourth-order valence-corrected chi connectivity index (χ4v) is 4.98. The first-order chi connectivity index (χ1) is 13.7. The van der Waals surface area contributed by atoms with Crippen LogP contribution >= 0.6 is 0 Å². The van der Waals surface area contributed by atoms with Gasteiger partial charge < -0.3 is 15.0 Å². The lowest BCUT2D eigenvalue weighted by atomic mass is 9.75. The number of amides is 1. The third-order valence-electron chi connectivity index (χ3n) is 6.45. The van der Waals surface area contributed by atoms with Crippen molar-refractivity contribution in [2.24, 2.45) is 5.92 Å². The molecule has 2 aromatic carbocycles. The molecule has 1 fully saturated rings. The van der Waals surface area contributed by atoms with Gasteiger partial charge in [-0.05, 0) is 42.0 Å². The van der Waals surface area contributed by atoms with Gasteiger partial charge >= 0.3 is 0 Å². The molecule has 5 rings (SSSR count). The van der Waals surface area contributed by atoms with Crippen LogP contribution in [0.5, 0.6) is 0 Å². The summed E-state index contributed by atoms with van der Waals surface area (Å²) in [6.07, 6.45) is 5.70. The standard InChI is InChI=1S/C24H26N2O2/c1-16-6-2-3-7-17(16)22-19-9-4-8-18(19)20-10-5-11-21(23(20)25-22)24(27)26-12-14-28-15-13-26/h2-8,10-11,18-19,22,25H,9,12-15H2,1H3. The number of morpholine rings is 1. The number of rotatable bonds is 2. The Morgan fingerprint density at radius 1 is 1.07 bits per heavy atom. The molecule has 2 aromatic rings. The summed E-state index contributed by atoms with van der Waals surface area (Å²) >= 11 is 0. The molecule has 0 radical (unpaired) electrons. The summed E-state index contributed by atoms with van der Waals surface area (Å²) in [6, 6.07) is 15.0. The van der Waals surface area contributed by atoms with Crippen LogP contribution < -0.4 is 5.32 Å². The third-order valence-corrected chi connectivity index (χ3v) is 6.45. The van der Waals surface area contributed by atoms with E-state index in [-0.39, 0.29) is 11.9 Å². The van der Waals surface area contributed by atoms with Crippen LogP contribution in [-0.2, 0) is 4.74 Å². The van der Waals surface area contributed by atoms with Gasteiger partial charge in [0, 0.05) is 19.0 Å². The van der Waals surface area contributed by atoms with Crippen molar-refractivity contribution in [1.29, 1.82) is 0 Å². The van der Waals surface area contributed by atoms with E-state index in [1.807, 2.05) is 17.0 Å². The molecule has 2 aliphatic heterocycles. The smallest absolute Gasteiger partial charge is 0.256 e. The third kappa shape index (κ3) is 2.83. The number of aryl methyl sites for hydroxylation is 1. The minimum atomic E-state index is 0.108. The maximum Gasteiger partial charge on any atom is 0.256 e. The van der Waals surface area contributed by atoms with Gasteiger partial charge in [-0.1, -0.05) is 48.6 Å². The SMILES string of the molecule is Cc1ccccc1C1Nc2c(C(=O)N3CCOCC3)cccc2C2C=CCC21. The Labute approximate surface area is 166 Å². The van der Waals surface area contributed by atoms with E-state index in [2.05, 4.69) is 54.7 Å². The van der Waals surface area contributed by atoms with Crippen LogP contribution in [0.1, 0.15) is 45.4 Å². The van der Waals surface area contributed by atoms with Crippen molar-refractivity contribution in [2.45, 2.75) is 25.3 Å². The van der Waals surface area contributed by atoms with E-state index in [9.17, 15) is 4.79 Å². The molecule has 144 valence electrons. The first kappa shape index (κ1) is 17.5. The number of nitrogens with one attached hydrogen (secondary N) is 1. The summed E-state index contributed by atoms with van der Waals surface area (Å²) in [7, 11) is 0. The molecule has 3 aliphatic rings. The maximum absolute atomic E-state index is 13.3. The lowest BCUT2D eigenvalue weighted by Crippen LogP contribution is -2.41. The normalized spacial score (nSPS) is 25.8. The molecule has 0 saturated carbocycles. The molecule has 4 heteroatoms. The number of para-hydroxylation sites is 1. The largest absolute Gasteiger partial charge is 0.378 e. The number of carbonyl (C=O) groups excluding carboxylic acids is 1. The van der Waals surface area contributed by atoms with Gasteiger partial charge in [-0.3, -0.25) is 4.79 Å². The van der Waals surface area contributed by atoms with Crippen molar-refractivity contribution in [2.75, 3.05) is 31.6 Å². The van der Waals surface area contributed by atoms with Crippen molar-refractivity contribution in [3.05, 3.63) is 76.9 Å². The zero-order valence-corrected chi connectivity index (χ0v) is 16.2. The number of hydrogen-bond donors (Lipinski definition) is 1. The van der Waals surface area contributed by atoms with Gasteiger partial charge in [0.1, 0.15) is 0 Å². The summed E-state index contributed by atoms with van der Waals surface area (Å²) in [6.45, 7) is 4.74. The van der Waals surface area contributed by atoms with Crippen molar-refractivity contribution in [1.82, 2.24) is 4.90 Å². The Balaban J connectivity index is 1.57. The summed E-state index contributed by atoms with van der Waals surface area (Å²) < 4.78 is 5.42. The highest BCUT2D eigenvalue weighted by Gasteiger charge is 2.40. The monoisotopic (exact) mass is 374 g/mol. The molecule has 1 amide bonds. The number of anilines is 1. The van der Waals surface area contributed by atoms with Crippen LogP contribution in [0.15, 0.2) is 54.6 Å². The fourth-order valence-electron chi connectivity index (χ4n) is 4.98. The van der Waals surface area contributed by atoms with Gasteiger partial charge in [-0.15, -0.1) is 0 Å². The van der Waals surface area contributed by atoms with Crippen LogP contribution in [0.2, 0.25) is 0 Å². The predicted octanol–water partition coefficient (Wildman–Crippen LogP) is 4.29. The maximum atomic E-state index is 13.3. The average Bonchev–Trinajstić information content (AvgIpc) is 3.24. The Morgan fingerprint density at radius 2 is 1.86 bits per heavy atom. The van der Waals surface area contributed by atoms with Crippen molar-refractivity contribution in [3.63, 3.8) is 0 Å². The Morgan fingerprint density at radius 3 is 2.68 bits per heavy atom. The Hall–Kier alpha value is -2.59. The number of carbonyl (C=O) groups is 1. The van der Waals surface area contributed by atoms with E-state index in [4.69, 9.17) is 4.74 Å². The van der Waals surface area contributed by atoms with Gasteiger partial charge in [-0.25, -0.2) is 0 Å². The van der Waals surface area contributed by atoms with Crippen molar-refractivity contribution < 1.29 is 9.53 Å². The van der Waals surface area contributed by atoms with Crippen molar-refractivity contribution >= 4 is 11.6 Å². The van der Waals surface area contributed by atoms with E-state index in [0.29, 0.717) is 38.1 Å². The summed E-state index contributed by atoms with van der Waals surface area (Å²) in [5, 5.41) is 3.80. The molecule has 1 N–H and O–H groups in total. The molecule has 0 bridgehead atoms. The number of fused-ring (bicyclic) bond motifs is 3. The van der Waals surface area contributed by atoms with Gasteiger partial charge in [-0.2, -0.15) is 0 Å². The fraction of sp³-hybridized carbons (Fsp3) is 0.375. The van der Waals surface area contributed by atoms with Crippen LogP contribution in [0.25, 0.3) is 0 Å². The summed E-state index contributed by atoms with van der Waals surface area (Å²) in [5.74, 6) is 0.956. The highest BCUT2D eigenvalue weighted by molar-refractivity contribution is 6.01. The van der Waals surface area contributed by atoms with Gasteiger partial charge in [0.25, 0.3) is 5.91 Å². The lowest BCUT2D eigenvalue weighted by molar-refractivity contribution is 0.0303. The number of allylic oxidation sites excluding steroid dienone is 2. The van der Waals surface area contributed by atoms with E-state index in [1.54, 1.807) is 0 Å². The van der Waals surface area contributed by atoms with Crippen LogP contribution in [-0.4, -0.2) is 37.1 Å². The van der Waals surface area contributed by atoms with E-state index < -0.39 is 0 Å². The predicted molar refractivity (Wildman–Crippen MR) is 111 cm³/mol. The first-order valence-corrected chi connectivity index (χ1v) is 10.2.